The van der Waals surface area contributed by atoms with Crippen LogP contribution < -0.4 is 5.32 Å². The fourth-order valence-corrected chi connectivity index (χ4v) is 3.30. The van der Waals surface area contributed by atoms with Crippen LogP contribution >= 0.6 is 27.5 Å². The average Bonchev–Trinajstić information content (AvgIpc) is 2.56. The maximum atomic E-state index is 14.1. The minimum Gasteiger partial charge on any atom is -0.310 e. The summed E-state index contributed by atoms with van der Waals surface area (Å²) >= 11 is 9.72. The third-order valence-corrected chi connectivity index (χ3v) is 4.73. The van der Waals surface area contributed by atoms with Crippen molar-refractivity contribution in [1.29, 1.82) is 0 Å². The molecule has 0 bridgehead atoms. The lowest BCUT2D eigenvalue weighted by Crippen LogP contribution is -2.23. The maximum absolute atomic E-state index is 14.1. The van der Waals surface area contributed by atoms with E-state index in [0.29, 0.717) is 9.50 Å². The first-order valence-electron chi connectivity index (χ1n) is 6.54. The van der Waals surface area contributed by atoms with Gasteiger partial charge in [0.15, 0.2) is 0 Å². The molecule has 1 N–H and O–H groups in total. The molecular weight excluding hydrogens is 317 g/mol. The Labute approximate surface area is 121 Å². The molecule has 0 amide bonds. The van der Waals surface area contributed by atoms with Crippen LogP contribution in [0.1, 0.15) is 49.8 Å². The highest BCUT2D eigenvalue weighted by atomic mass is 79.9. The Morgan fingerprint density at radius 1 is 1.50 bits per heavy atom. The van der Waals surface area contributed by atoms with E-state index in [1.807, 2.05) is 0 Å². The standard InChI is InChI=1S/C14H18BrClFN/c1-2-7-18-12-6-4-3-5-9-11(17)8-10(15)14(16)13(9)12/h8,12,18H,2-7H2,1H3. The molecule has 4 heteroatoms. The molecule has 1 unspecified atom stereocenters. The zero-order valence-corrected chi connectivity index (χ0v) is 12.9. The Kier molecular flexibility index (Phi) is 5.05. The van der Waals surface area contributed by atoms with Crippen molar-refractivity contribution >= 4 is 27.5 Å². The van der Waals surface area contributed by atoms with E-state index in [1.165, 1.54) is 6.07 Å². The summed E-state index contributed by atoms with van der Waals surface area (Å²) in [5.41, 5.74) is 1.77. The van der Waals surface area contributed by atoms with Gasteiger partial charge in [0.25, 0.3) is 0 Å². The number of nitrogens with one attached hydrogen (secondary N) is 1. The lowest BCUT2D eigenvalue weighted by atomic mass is 9.98. The monoisotopic (exact) mass is 333 g/mol. The van der Waals surface area contributed by atoms with Gasteiger partial charge >= 0.3 is 0 Å². The van der Waals surface area contributed by atoms with E-state index in [1.54, 1.807) is 0 Å². The molecule has 0 saturated carbocycles. The van der Waals surface area contributed by atoms with Gasteiger partial charge in [-0.3, -0.25) is 0 Å². The van der Waals surface area contributed by atoms with E-state index >= 15 is 0 Å². The third kappa shape index (κ3) is 2.89. The van der Waals surface area contributed by atoms with Crippen LogP contribution in [0.25, 0.3) is 0 Å². The van der Waals surface area contributed by atoms with Crippen molar-refractivity contribution in [3.8, 4) is 0 Å². The molecule has 1 aromatic carbocycles. The van der Waals surface area contributed by atoms with Gasteiger partial charge in [0.1, 0.15) is 5.82 Å². The predicted octanol–water partition coefficient (Wildman–Crippen LogP) is 5.01. The smallest absolute Gasteiger partial charge is 0.127 e. The Morgan fingerprint density at radius 2 is 2.28 bits per heavy atom. The van der Waals surface area contributed by atoms with Gasteiger partial charge in [-0.1, -0.05) is 24.9 Å². The number of rotatable bonds is 3. The molecule has 1 aliphatic rings. The summed E-state index contributed by atoms with van der Waals surface area (Å²) in [6.45, 7) is 3.07. The number of hydrogen-bond acceptors (Lipinski definition) is 1. The second kappa shape index (κ2) is 6.36. The highest BCUT2D eigenvalue weighted by molar-refractivity contribution is 9.10. The lowest BCUT2D eigenvalue weighted by molar-refractivity contribution is 0.488. The van der Waals surface area contributed by atoms with Crippen molar-refractivity contribution in [3.05, 3.63) is 32.5 Å². The Hall–Kier alpha value is -0.120. The molecule has 1 atom stereocenters. The molecule has 100 valence electrons. The van der Waals surface area contributed by atoms with Gasteiger partial charge in [-0.25, -0.2) is 4.39 Å². The molecule has 0 aromatic heterocycles. The first-order valence-corrected chi connectivity index (χ1v) is 7.72. The van der Waals surface area contributed by atoms with Gasteiger partial charge in [0, 0.05) is 10.5 Å². The van der Waals surface area contributed by atoms with Crippen LogP contribution in [-0.4, -0.2) is 6.54 Å². The number of fused-ring (bicyclic) bond motifs is 1. The second-order valence-corrected chi connectivity index (χ2v) is 6.03. The van der Waals surface area contributed by atoms with Gasteiger partial charge in [0.05, 0.1) is 5.02 Å². The summed E-state index contributed by atoms with van der Waals surface area (Å²) in [5.74, 6) is -0.133. The predicted molar refractivity (Wildman–Crippen MR) is 77.7 cm³/mol. The van der Waals surface area contributed by atoms with Crippen molar-refractivity contribution in [1.82, 2.24) is 5.32 Å². The molecule has 2 rings (SSSR count). The number of halogens is 3. The fourth-order valence-electron chi connectivity index (χ4n) is 2.59. The fraction of sp³-hybridized carbons (Fsp3) is 0.571. The summed E-state index contributed by atoms with van der Waals surface area (Å²) in [7, 11) is 0. The van der Waals surface area contributed by atoms with Crippen LogP contribution in [0, 0.1) is 5.82 Å². The minimum atomic E-state index is -0.133. The molecule has 0 saturated heterocycles. The minimum absolute atomic E-state index is 0.133. The van der Waals surface area contributed by atoms with Crippen LogP contribution in [0.3, 0.4) is 0 Å². The van der Waals surface area contributed by atoms with E-state index in [0.717, 1.165) is 49.8 Å². The van der Waals surface area contributed by atoms with E-state index in [4.69, 9.17) is 11.6 Å². The number of hydrogen-bond donors (Lipinski definition) is 1. The van der Waals surface area contributed by atoms with Crippen LogP contribution in [-0.2, 0) is 6.42 Å². The van der Waals surface area contributed by atoms with Crippen molar-refractivity contribution in [2.75, 3.05) is 6.54 Å². The Balaban J connectivity index is 2.44. The molecule has 0 spiro atoms. The molecule has 1 aromatic rings. The molecule has 0 radical (unpaired) electrons. The molecule has 1 aliphatic carbocycles. The largest absolute Gasteiger partial charge is 0.310 e. The summed E-state index contributed by atoms with van der Waals surface area (Å²) < 4.78 is 14.7. The van der Waals surface area contributed by atoms with Crippen molar-refractivity contribution in [2.45, 2.75) is 45.1 Å². The van der Waals surface area contributed by atoms with Crippen LogP contribution in [0.4, 0.5) is 4.39 Å². The highest BCUT2D eigenvalue weighted by Gasteiger charge is 2.25. The molecule has 1 nitrogen and oxygen atoms in total. The zero-order chi connectivity index (χ0) is 13.1. The third-order valence-electron chi connectivity index (χ3n) is 3.47. The molecule has 0 aliphatic heterocycles. The maximum Gasteiger partial charge on any atom is 0.127 e. The van der Waals surface area contributed by atoms with Gasteiger partial charge < -0.3 is 5.32 Å². The summed E-state index contributed by atoms with van der Waals surface area (Å²) in [5, 5.41) is 4.16. The Morgan fingerprint density at radius 3 is 3.00 bits per heavy atom. The first kappa shape index (κ1) is 14.3. The summed E-state index contributed by atoms with van der Waals surface area (Å²) in [6.07, 6.45) is 5.04. The van der Waals surface area contributed by atoms with Crippen molar-refractivity contribution < 1.29 is 4.39 Å². The molecule has 0 heterocycles. The summed E-state index contributed by atoms with van der Waals surface area (Å²) in [4.78, 5) is 0. The highest BCUT2D eigenvalue weighted by Crippen LogP contribution is 2.39. The molecule has 18 heavy (non-hydrogen) atoms. The van der Waals surface area contributed by atoms with Crippen LogP contribution in [0.2, 0.25) is 5.02 Å². The lowest BCUT2D eigenvalue weighted by Gasteiger charge is -2.21. The van der Waals surface area contributed by atoms with Crippen LogP contribution in [0.5, 0.6) is 0 Å². The van der Waals surface area contributed by atoms with E-state index in [9.17, 15) is 4.39 Å². The Bertz CT molecular complexity index is 436. The second-order valence-electron chi connectivity index (χ2n) is 4.80. The average molecular weight is 335 g/mol. The zero-order valence-electron chi connectivity index (χ0n) is 10.5. The molecular formula is C14H18BrClFN. The first-order chi connectivity index (χ1) is 8.65. The van der Waals surface area contributed by atoms with E-state index < -0.39 is 0 Å². The van der Waals surface area contributed by atoms with Gasteiger partial charge in [-0.2, -0.15) is 0 Å². The van der Waals surface area contributed by atoms with Gasteiger partial charge in [-0.15, -0.1) is 0 Å². The SMILES string of the molecule is CCCNC1CCCCc2c(F)cc(Br)c(Cl)c21. The summed E-state index contributed by atoms with van der Waals surface area (Å²) in [6, 6.07) is 1.67. The topological polar surface area (TPSA) is 12.0 Å². The van der Waals surface area contributed by atoms with E-state index in [-0.39, 0.29) is 11.9 Å². The van der Waals surface area contributed by atoms with Crippen molar-refractivity contribution in [3.63, 3.8) is 0 Å². The van der Waals surface area contributed by atoms with Crippen LogP contribution in [0.15, 0.2) is 10.5 Å². The van der Waals surface area contributed by atoms with E-state index in [2.05, 4.69) is 28.2 Å². The number of benzene rings is 1. The molecule has 0 fully saturated rings. The van der Waals surface area contributed by atoms with Gasteiger partial charge in [-0.05, 0) is 65.4 Å². The van der Waals surface area contributed by atoms with Crippen molar-refractivity contribution in [2.24, 2.45) is 0 Å². The normalized spacial score (nSPS) is 19.4. The quantitative estimate of drug-likeness (QED) is 0.605. The van der Waals surface area contributed by atoms with Gasteiger partial charge in [0.2, 0.25) is 0 Å².